The molecule has 1 aromatic heterocycles. The number of thiocarbonyl (C=S) groups is 1. The highest BCUT2D eigenvalue weighted by Gasteiger charge is 2.78. The summed E-state index contributed by atoms with van der Waals surface area (Å²) in [7, 11) is 5.30. The third-order valence-electron chi connectivity index (χ3n) is 7.93. The average Bonchev–Trinajstić information content (AvgIpc) is 3.43. The molecule has 2 aromatic carbocycles. The molecule has 3 atom stereocenters. The van der Waals surface area contributed by atoms with Crippen LogP contribution >= 0.6 is 24.0 Å². The number of aromatic nitrogens is 1. The van der Waals surface area contributed by atoms with Crippen LogP contribution < -0.4 is 9.64 Å². The molecule has 0 bridgehead atoms. The van der Waals surface area contributed by atoms with Crippen LogP contribution in [0.2, 0.25) is 0 Å². The van der Waals surface area contributed by atoms with Crippen molar-refractivity contribution in [2.24, 2.45) is 0 Å². The van der Waals surface area contributed by atoms with Crippen LogP contribution in [0.15, 0.2) is 73.1 Å². The van der Waals surface area contributed by atoms with Gasteiger partial charge in [-0.05, 0) is 42.4 Å². The summed E-state index contributed by atoms with van der Waals surface area (Å²) in [5, 5.41) is 0. The van der Waals surface area contributed by atoms with Crippen molar-refractivity contribution in [3.8, 4) is 5.75 Å². The van der Waals surface area contributed by atoms with Crippen molar-refractivity contribution in [2.75, 3.05) is 32.6 Å². The molecule has 4 heterocycles. The number of carbonyl (C=O) groups excluding carboxylic acids is 2. The van der Waals surface area contributed by atoms with Crippen molar-refractivity contribution in [1.82, 2.24) is 14.8 Å². The number of benzene rings is 2. The molecule has 0 N–H and O–H groups in total. The smallest absolute Gasteiger partial charge is 0.254 e. The molecule has 7 nitrogen and oxygen atoms in total. The molecule has 3 aliphatic heterocycles. The van der Waals surface area contributed by atoms with Gasteiger partial charge in [0.2, 0.25) is 5.91 Å². The van der Waals surface area contributed by atoms with Crippen LogP contribution in [-0.4, -0.2) is 63.4 Å². The average molecular weight is 531 g/mol. The monoisotopic (exact) mass is 530 g/mol. The fourth-order valence-electron chi connectivity index (χ4n) is 6.29. The Morgan fingerprint density at radius 2 is 1.86 bits per heavy atom. The zero-order valence-electron chi connectivity index (χ0n) is 20.7. The number of nitrogens with zero attached hydrogens (tertiary/aromatic N) is 4. The van der Waals surface area contributed by atoms with E-state index in [0.717, 1.165) is 22.4 Å². The van der Waals surface area contributed by atoms with E-state index in [1.807, 2.05) is 72.6 Å². The van der Waals surface area contributed by atoms with Crippen LogP contribution in [0.1, 0.15) is 22.6 Å². The highest BCUT2D eigenvalue weighted by atomic mass is 32.2. The Bertz CT molecular complexity index is 1420. The molecule has 2 spiro atoms. The van der Waals surface area contributed by atoms with Gasteiger partial charge in [0.25, 0.3) is 5.91 Å². The summed E-state index contributed by atoms with van der Waals surface area (Å²) in [6.45, 7) is 0.838. The number of ether oxygens (including phenoxy) is 1. The summed E-state index contributed by atoms with van der Waals surface area (Å²) in [5.41, 5.74) is 2.14. The van der Waals surface area contributed by atoms with E-state index in [4.69, 9.17) is 17.0 Å². The predicted molar refractivity (Wildman–Crippen MR) is 148 cm³/mol. The minimum Gasteiger partial charge on any atom is -0.497 e. The summed E-state index contributed by atoms with van der Waals surface area (Å²) >= 11 is 7.23. The number of thioether (sulfide) groups is 1. The summed E-state index contributed by atoms with van der Waals surface area (Å²) in [4.78, 5) is 39.0. The van der Waals surface area contributed by atoms with Crippen LogP contribution in [0.3, 0.4) is 0 Å². The quantitative estimate of drug-likeness (QED) is 0.476. The largest absolute Gasteiger partial charge is 0.497 e. The second-order valence-corrected chi connectivity index (χ2v) is 11.5. The van der Waals surface area contributed by atoms with E-state index in [9.17, 15) is 9.59 Å². The number of fused-ring (bicyclic) bond motifs is 3. The van der Waals surface area contributed by atoms with E-state index in [1.165, 1.54) is 11.8 Å². The first-order valence-corrected chi connectivity index (χ1v) is 13.3. The third kappa shape index (κ3) is 3.11. The van der Waals surface area contributed by atoms with Gasteiger partial charge >= 0.3 is 0 Å². The van der Waals surface area contributed by atoms with E-state index in [0.29, 0.717) is 23.2 Å². The van der Waals surface area contributed by atoms with Gasteiger partial charge in [-0.3, -0.25) is 24.4 Å². The lowest BCUT2D eigenvalue weighted by Gasteiger charge is -2.42. The zero-order chi connectivity index (χ0) is 25.9. The number of likely N-dealkylation sites (N-methyl/N-ethyl adjacent to an activating group) is 2. The van der Waals surface area contributed by atoms with Crippen LogP contribution in [0, 0.1) is 0 Å². The first kappa shape index (κ1) is 24.1. The van der Waals surface area contributed by atoms with Crippen LogP contribution in [-0.2, 0) is 21.7 Å². The minimum absolute atomic E-state index is 0.144. The number of amides is 2. The molecule has 188 valence electrons. The summed E-state index contributed by atoms with van der Waals surface area (Å²) in [6, 6.07) is 19.3. The van der Waals surface area contributed by atoms with Crippen molar-refractivity contribution in [1.29, 1.82) is 0 Å². The molecule has 37 heavy (non-hydrogen) atoms. The molecule has 2 amide bonds. The molecule has 2 saturated heterocycles. The van der Waals surface area contributed by atoms with Gasteiger partial charge in [0, 0.05) is 43.2 Å². The molecular formula is C28H26N4O3S2. The molecule has 0 aliphatic carbocycles. The van der Waals surface area contributed by atoms with Gasteiger partial charge in [-0.15, -0.1) is 0 Å². The number of likely N-dealkylation sites (tertiary alicyclic amines) is 1. The Hall–Kier alpha value is -3.27. The van der Waals surface area contributed by atoms with Crippen molar-refractivity contribution in [2.45, 2.75) is 22.7 Å². The zero-order valence-corrected chi connectivity index (χ0v) is 22.4. The van der Waals surface area contributed by atoms with Crippen molar-refractivity contribution < 1.29 is 14.3 Å². The Labute approximate surface area is 225 Å². The summed E-state index contributed by atoms with van der Waals surface area (Å²) < 4.78 is 4.83. The Morgan fingerprint density at radius 3 is 2.57 bits per heavy atom. The molecule has 6 rings (SSSR count). The second kappa shape index (κ2) is 8.65. The maximum atomic E-state index is 14.8. The van der Waals surface area contributed by atoms with Gasteiger partial charge in [0.1, 0.15) is 14.8 Å². The number of carbonyl (C=O) groups is 2. The maximum Gasteiger partial charge on any atom is 0.254 e. The molecule has 0 radical (unpaired) electrons. The van der Waals surface area contributed by atoms with E-state index < -0.39 is 10.3 Å². The van der Waals surface area contributed by atoms with Crippen molar-refractivity contribution >= 4 is 45.8 Å². The normalized spacial score (nSPS) is 27.1. The van der Waals surface area contributed by atoms with Gasteiger partial charge in [0.05, 0.1) is 13.7 Å². The van der Waals surface area contributed by atoms with Gasteiger partial charge in [-0.25, -0.2) is 0 Å². The lowest BCUT2D eigenvalue weighted by atomic mass is 9.72. The van der Waals surface area contributed by atoms with Crippen LogP contribution in [0.25, 0.3) is 0 Å². The first-order valence-electron chi connectivity index (χ1n) is 12.0. The number of rotatable bonds is 4. The first-order chi connectivity index (χ1) is 17.9. The van der Waals surface area contributed by atoms with Gasteiger partial charge in [-0.1, -0.05) is 60.4 Å². The van der Waals surface area contributed by atoms with Crippen LogP contribution in [0.5, 0.6) is 5.75 Å². The SMILES string of the molecule is COc1ccc2c(c1)[C@]1(C(=O)N2C)N(C)C[C@H](c2cccnc2)[C@]12SC(=S)N(Cc1ccccc1)C2=O. The lowest BCUT2D eigenvalue weighted by molar-refractivity contribution is -0.139. The molecular weight excluding hydrogens is 504 g/mol. The van der Waals surface area contributed by atoms with Gasteiger partial charge in [0.15, 0.2) is 5.54 Å². The second-order valence-electron chi connectivity index (χ2n) is 9.66. The highest BCUT2D eigenvalue weighted by molar-refractivity contribution is 8.25. The molecule has 0 saturated carbocycles. The Balaban J connectivity index is 1.60. The summed E-state index contributed by atoms with van der Waals surface area (Å²) in [6.07, 6.45) is 3.51. The van der Waals surface area contributed by atoms with Crippen molar-refractivity contribution in [3.63, 3.8) is 0 Å². The fourth-order valence-corrected chi connectivity index (χ4v) is 8.41. The van der Waals surface area contributed by atoms with Gasteiger partial charge < -0.3 is 9.64 Å². The standard InChI is InChI=1S/C28H26N4O3S2/c1-30-17-22(19-10-7-13-29-15-19)28(25(34)32(26(36)37-28)16-18-8-5-4-6-9-18)27(30)21-14-20(35-3)11-12-23(21)31(2)24(27)33/h4-15,22H,16-17H2,1-3H3/t22-,27-,28-/m1/s1. The number of pyridine rings is 1. The van der Waals surface area contributed by atoms with E-state index in [-0.39, 0.29) is 17.7 Å². The molecule has 3 aromatic rings. The number of hydrogen-bond acceptors (Lipinski definition) is 7. The molecule has 3 aliphatic rings. The van der Waals surface area contributed by atoms with E-state index in [2.05, 4.69) is 4.98 Å². The van der Waals surface area contributed by atoms with Crippen molar-refractivity contribution in [3.05, 3.63) is 89.7 Å². The van der Waals surface area contributed by atoms with E-state index >= 15 is 0 Å². The molecule has 9 heteroatoms. The van der Waals surface area contributed by atoms with Gasteiger partial charge in [-0.2, -0.15) is 0 Å². The minimum atomic E-state index is -1.27. The van der Waals surface area contributed by atoms with Crippen LogP contribution in [0.4, 0.5) is 5.69 Å². The topological polar surface area (TPSA) is 66.0 Å². The third-order valence-corrected chi connectivity index (χ3v) is 9.87. The number of methoxy groups -OCH3 is 1. The Kier molecular flexibility index (Phi) is 5.63. The lowest BCUT2D eigenvalue weighted by Crippen LogP contribution is -2.62. The number of anilines is 1. The summed E-state index contributed by atoms with van der Waals surface area (Å²) in [5.74, 6) is 0.0162. The molecule has 0 unspecified atom stereocenters. The number of hydrogen-bond donors (Lipinski definition) is 0. The maximum absolute atomic E-state index is 14.8. The molecule has 2 fully saturated rings. The predicted octanol–water partition coefficient (Wildman–Crippen LogP) is 3.79. The van der Waals surface area contributed by atoms with E-state index in [1.54, 1.807) is 36.4 Å². The Morgan fingerprint density at radius 1 is 1.08 bits per heavy atom. The highest BCUT2D eigenvalue weighted by Crippen LogP contribution is 2.66. The fraction of sp³-hybridized carbons (Fsp3) is 0.286.